The fourth-order valence-corrected chi connectivity index (χ4v) is 0.922. The molecule has 0 aliphatic rings. The Hall–Kier alpha value is -0.480. The van der Waals surface area contributed by atoms with E-state index in [1.165, 1.54) is 0 Å². The molecule has 0 aliphatic heterocycles. The van der Waals surface area contributed by atoms with Gasteiger partial charge in [0.2, 0.25) is 0 Å². The highest BCUT2D eigenvalue weighted by molar-refractivity contribution is 4.94. The van der Waals surface area contributed by atoms with E-state index in [0.717, 1.165) is 32.1 Å². The summed E-state index contributed by atoms with van der Waals surface area (Å²) in [6.45, 7) is 3.87. The average Bonchev–Trinajstić information content (AvgIpc) is 2.04. The molecule has 0 spiro atoms. The number of rotatable bonds is 5. The van der Waals surface area contributed by atoms with E-state index in [2.05, 4.69) is 11.8 Å². The second-order valence-corrected chi connectivity index (χ2v) is 2.73. The van der Waals surface area contributed by atoms with Gasteiger partial charge in [-0.05, 0) is 32.6 Å². The number of aliphatic hydroxyl groups excluding tert-OH is 1. The molecule has 0 fully saturated rings. The molecule has 0 aliphatic carbocycles. The smallest absolute Gasteiger partial charge is 0.0537 e. The minimum absolute atomic E-state index is 0.0930. The molecule has 0 amide bonds. The van der Waals surface area contributed by atoms with Crippen molar-refractivity contribution in [2.75, 3.05) is 0 Å². The molecule has 0 saturated heterocycles. The van der Waals surface area contributed by atoms with Crippen molar-refractivity contribution < 1.29 is 5.11 Å². The van der Waals surface area contributed by atoms with Crippen molar-refractivity contribution in [1.82, 2.24) is 0 Å². The van der Waals surface area contributed by atoms with Crippen LogP contribution in [-0.2, 0) is 0 Å². The highest BCUT2D eigenvalue weighted by atomic mass is 16.3. The summed E-state index contributed by atoms with van der Waals surface area (Å²) in [6, 6.07) is 0. The van der Waals surface area contributed by atoms with Crippen LogP contribution in [0, 0.1) is 11.8 Å². The molecule has 0 aromatic carbocycles. The van der Waals surface area contributed by atoms with Crippen molar-refractivity contribution >= 4 is 0 Å². The van der Waals surface area contributed by atoms with Gasteiger partial charge in [0.05, 0.1) is 6.10 Å². The van der Waals surface area contributed by atoms with Crippen LogP contribution in [0.3, 0.4) is 0 Å². The Kier molecular flexibility index (Phi) is 7.29. The van der Waals surface area contributed by atoms with E-state index < -0.39 is 0 Å². The lowest BCUT2D eigenvalue weighted by molar-refractivity contribution is 0.157. The first-order valence-corrected chi connectivity index (χ1v) is 4.39. The van der Waals surface area contributed by atoms with Gasteiger partial charge in [-0.15, -0.1) is 11.8 Å². The Bertz CT molecular complexity index is 130. The monoisotopic (exact) mass is 154 g/mol. The van der Waals surface area contributed by atoms with Crippen molar-refractivity contribution in [1.29, 1.82) is 0 Å². The topological polar surface area (TPSA) is 20.2 Å². The zero-order valence-electron chi connectivity index (χ0n) is 7.56. The molecule has 1 nitrogen and oxygen atoms in total. The van der Waals surface area contributed by atoms with Gasteiger partial charge in [0.1, 0.15) is 0 Å². The van der Waals surface area contributed by atoms with E-state index in [-0.39, 0.29) is 6.10 Å². The normalized spacial score (nSPS) is 11.9. The number of hydrogen-bond donors (Lipinski definition) is 1. The first-order valence-electron chi connectivity index (χ1n) is 4.39. The Morgan fingerprint density at radius 2 is 2.09 bits per heavy atom. The van der Waals surface area contributed by atoms with Gasteiger partial charge in [0.25, 0.3) is 0 Å². The predicted octanol–water partition coefficient (Wildman–Crippen LogP) is 2.34. The minimum Gasteiger partial charge on any atom is -0.393 e. The van der Waals surface area contributed by atoms with E-state index in [1.54, 1.807) is 0 Å². The zero-order chi connectivity index (χ0) is 8.53. The van der Waals surface area contributed by atoms with Crippen LogP contribution in [0.4, 0.5) is 0 Å². The van der Waals surface area contributed by atoms with Gasteiger partial charge >= 0.3 is 0 Å². The number of aliphatic hydroxyl groups is 1. The van der Waals surface area contributed by atoms with E-state index in [0.29, 0.717) is 0 Å². The third-order valence-corrected chi connectivity index (χ3v) is 1.74. The van der Waals surface area contributed by atoms with E-state index >= 15 is 0 Å². The summed E-state index contributed by atoms with van der Waals surface area (Å²) in [7, 11) is 0. The second kappa shape index (κ2) is 7.63. The lowest BCUT2D eigenvalue weighted by Crippen LogP contribution is -2.03. The Labute approximate surface area is 69.8 Å². The Balaban J connectivity index is 3.05. The van der Waals surface area contributed by atoms with Crippen LogP contribution in [0.1, 0.15) is 46.0 Å². The summed E-state index contributed by atoms with van der Waals surface area (Å²) < 4.78 is 0. The molecule has 0 bridgehead atoms. The molecule has 0 radical (unpaired) electrons. The largest absolute Gasteiger partial charge is 0.393 e. The van der Waals surface area contributed by atoms with Crippen LogP contribution in [0.5, 0.6) is 0 Å². The van der Waals surface area contributed by atoms with Crippen LogP contribution < -0.4 is 0 Å². The SMILES string of the molecule is CC#CCCCCC(O)CC. The molecule has 1 heteroatoms. The van der Waals surface area contributed by atoms with Crippen LogP contribution in [-0.4, -0.2) is 11.2 Å². The molecule has 0 rings (SSSR count). The Morgan fingerprint density at radius 1 is 1.36 bits per heavy atom. The molecular weight excluding hydrogens is 136 g/mol. The quantitative estimate of drug-likeness (QED) is 0.476. The van der Waals surface area contributed by atoms with E-state index in [4.69, 9.17) is 0 Å². The highest BCUT2D eigenvalue weighted by Crippen LogP contribution is 2.05. The molecule has 0 heterocycles. The fourth-order valence-electron chi connectivity index (χ4n) is 0.922. The molecule has 1 N–H and O–H groups in total. The highest BCUT2D eigenvalue weighted by Gasteiger charge is 1.98. The average molecular weight is 154 g/mol. The minimum atomic E-state index is -0.0930. The van der Waals surface area contributed by atoms with Gasteiger partial charge in [0.15, 0.2) is 0 Å². The van der Waals surface area contributed by atoms with Gasteiger partial charge in [-0.25, -0.2) is 0 Å². The molecule has 64 valence electrons. The maximum Gasteiger partial charge on any atom is 0.0537 e. The summed E-state index contributed by atoms with van der Waals surface area (Å²) in [5.74, 6) is 5.87. The number of hydrogen-bond acceptors (Lipinski definition) is 1. The first kappa shape index (κ1) is 10.5. The first-order chi connectivity index (χ1) is 5.31. The summed E-state index contributed by atoms with van der Waals surface area (Å²) in [6.07, 6.45) is 4.92. The number of unbranched alkanes of at least 4 members (excludes halogenated alkanes) is 2. The van der Waals surface area contributed by atoms with Crippen LogP contribution in [0.2, 0.25) is 0 Å². The molecule has 1 atom stereocenters. The lowest BCUT2D eigenvalue weighted by atomic mass is 10.1. The standard InChI is InChI=1S/C10H18O/c1-3-5-6-7-8-9-10(11)4-2/h10-11H,4,6-9H2,1-2H3. The van der Waals surface area contributed by atoms with Gasteiger partial charge in [0, 0.05) is 6.42 Å². The maximum atomic E-state index is 9.18. The van der Waals surface area contributed by atoms with Crippen molar-refractivity contribution in [3.63, 3.8) is 0 Å². The molecule has 0 saturated carbocycles. The summed E-state index contributed by atoms with van der Waals surface area (Å²) >= 11 is 0. The van der Waals surface area contributed by atoms with E-state index in [9.17, 15) is 5.11 Å². The summed E-state index contributed by atoms with van der Waals surface area (Å²) in [5, 5.41) is 9.18. The van der Waals surface area contributed by atoms with Gasteiger partial charge in [-0.3, -0.25) is 0 Å². The third-order valence-electron chi connectivity index (χ3n) is 1.74. The van der Waals surface area contributed by atoms with Gasteiger partial charge < -0.3 is 5.11 Å². The zero-order valence-corrected chi connectivity index (χ0v) is 7.56. The van der Waals surface area contributed by atoms with Crippen LogP contribution in [0.25, 0.3) is 0 Å². The lowest BCUT2D eigenvalue weighted by Gasteiger charge is -2.04. The predicted molar refractivity (Wildman–Crippen MR) is 48.2 cm³/mol. The Morgan fingerprint density at radius 3 is 2.64 bits per heavy atom. The van der Waals surface area contributed by atoms with Gasteiger partial charge in [-0.2, -0.15) is 0 Å². The van der Waals surface area contributed by atoms with Crippen LogP contribution in [0.15, 0.2) is 0 Å². The third kappa shape index (κ3) is 7.42. The molecule has 0 aromatic rings. The van der Waals surface area contributed by atoms with Crippen molar-refractivity contribution in [3.8, 4) is 11.8 Å². The van der Waals surface area contributed by atoms with Crippen molar-refractivity contribution in [3.05, 3.63) is 0 Å². The van der Waals surface area contributed by atoms with Gasteiger partial charge in [-0.1, -0.05) is 6.92 Å². The van der Waals surface area contributed by atoms with Crippen molar-refractivity contribution in [2.24, 2.45) is 0 Å². The fraction of sp³-hybridized carbons (Fsp3) is 0.800. The molecule has 0 aromatic heterocycles. The van der Waals surface area contributed by atoms with Crippen LogP contribution >= 0.6 is 0 Å². The summed E-state index contributed by atoms with van der Waals surface area (Å²) in [4.78, 5) is 0. The molecular formula is C10H18O. The molecule has 1 unspecified atom stereocenters. The van der Waals surface area contributed by atoms with Crippen molar-refractivity contribution in [2.45, 2.75) is 52.1 Å². The van der Waals surface area contributed by atoms with E-state index in [1.807, 2.05) is 13.8 Å². The molecule has 11 heavy (non-hydrogen) atoms. The maximum absolute atomic E-state index is 9.18. The summed E-state index contributed by atoms with van der Waals surface area (Å²) in [5.41, 5.74) is 0. The second-order valence-electron chi connectivity index (χ2n) is 2.73.